The van der Waals surface area contributed by atoms with Gasteiger partial charge in [0.15, 0.2) is 0 Å². The van der Waals surface area contributed by atoms with Crippen molar-refractivity contribution in [2.24, 2.45) is 0 Å². The molecule has 152 valence electrons. The Morgan fingerprint density at radius 1 is 1.23 bits per heavy atom. The molecule has 5 rings (SSSR count). The van der Waals surface area contributed by atoms with Crippen molar-refractivity contribution in [1.82, 2.24) is 19.8 Å². The van der Waals surface area contributed by atoms with E-state index in [9.17, 15) is 5.26 Å². The quantitative estimate of drug-likeness (QED) is 0.514. The molecule has 6 nitrogen and oxygen atoms in total. The summed E-state index contributed by atoms with van der Waals surface area (Å²) in [6, 6.07) is 8.58. The van der Waals surface area contributed by atoms with E-state index < -0.39 is 0 Å². The van der Waals surface area contributed by atoms with Crippen molar-refractivity contribution < 1.29 is 0 Å². The third-order valence-corrected chi connectivity index (χ3v) is 6.99. The molecular formula is C23H24N6S. The van der Waals surface area contributed by atoms with Crippen molar-refractivity contribution in [3.05, 3.63) is 52.7 Å². The fourth-order valence-electron chi connectivity index (χ4n) is 4.20. The minimum atomic E-state index is 0.578. The number of H-pyrrole nitrogens is 1. The number of nitriles is 1. The highest BCUT2D eigenvalue weighted by Gasteiger charge is 2.20. The number of hydrogen-bond acceptors (Lipinski definition) is 6. The first-order valence-electron chi connectivity index (χ1n) is 10.2. The number of nitrogens with one attached hydrogen (secondary N) is 2. The van der Waals surface area contributed by atoms with Crippen LogP contribution in [0.2, 0.25) is 0 Å². The Bertz CT molecular complexity index is 1260. The lowest BCUT2D eigenvalue weighted by molar-refractivity contribution is 0.148. The molecule has 0 atom stereocenters. The smallest absolute Gasteiger partial charge is 0.125 e. The maximum atomic E-state index is 9.80. The normalized spacial score (nSPS) is 15.6. The molecule has 0 amide bonds. The van der Waals surface area contributed by atoms with Crippen LogP contribution in [0.5, 0.6) is 0 Å². The standard InChI is InChI=1S/C23H24N6S/c1-15-18-5-6-25-20(18)4-3-19(15)27-22-16(11-24)12-26-23-21(22)17(14-30-23)13-29-9-7-28(2)8-10-29/h3-6,12,14,25H,7-10,13H2,1-2H3,(H,26,27). The fraction of sp³-hybridized carbons (Fsp3) is 0.304. The Morgan fingerprint density at radius 2 is 2.07 bits per heavy atom. The van der Waals surface area contributed by atoms with Crippen LogP contribution < -0.4 is 5.32 Å². The number of benzene rings is 1. The van der Waals surface area contributed by atoms with Gasteiger partial charge in [0.1, 0.15) is 10.9 Å². The number of aromatic amines is 1. The predicted molar refractivity (Wildman–Crippen MR) is 123 cm³/mol. The summed E-state index contributed by atoms with van der Waals surface area (Å²) in [6.07, 6.45) is 3.64. The first-order chi connectivity index (χ1) is 14.6. The van der Waals surface area contributed by atoms with Gasteiger partial charge in [0.05, 0.1) is 11.3 Å². The van der Waals surface area contributed by atoms with E-state index >= 15 is 0 Å². The van der Waals surface area contributed by atoms with Gasteiger partial charge in [-0.05, 0) is 48.7 Å². The second-order valence-corrected chi connectivity index (χ2v) is 8.84. The number of hydrogen-bond donors (Lipinski definition) is 2. The summed E-state index contributed by atoms with van der Waals surface area (Å²) < 4.78 is 0. The van der Waals surface area contributed by atoms with Crippen LogP contribution >= 0.6 is 11.3 Å². The zero-order valence-corrected chi connectivity index (χ0v) is 18.0. The number of rotatable bonds is 4. The molecule has 1 aliphatic rings. The number of anilines is 2. The molecule has 1 aliphatic heterocycles. The van der Waals surface area contributed by atoms with Crippen LogP contribution in [-0.4, -0.2) is 53.0 Å². The van der Waals surface area contributed by atoms with Gasteiger partial charge in [-0.3, -0.25) is 4.90 Å². The third kappa shape index (κ3) is 3.33. The fourth-order valence-corrected chi connectivity index (χ4v) is 5.11. The Kier molecular flexibility index (Phi) is 4.91. The van der Waals surface area contributed by atoms with E-state index in [1.807, 2.05) is 6.20 Å². The molecular weight excluding hydrogens is 392 g/mol. The van der Waals surface area contributed by atoms with Crippen molar-refractivity contribution in [2.45, 2.75) is 13.5 Å². The lowest BCUT2D eigenvalue weighted by Crippen LogP contribution is -2.43. The van der Waals surface area contributed by atoms with Crippen LogP contribution in [0.4, 0.5) is 11.4 Å². The number of thiophene rings is 1. The van der Waals surface area contributed by atoms with Gasteiger partial charge >= 0.3 is 0 Å². The molecule has 30 heavy (non-hydrogen) atoms. The number of aryl methyl sites for hydroxylation is 1. The Balaban J connectivity index is 1.56. The van der Waals surface area contributed by atoms with Crippen LogP contribution in [-0.2, 0) is 6.54 Å². The third-order valence-electron chi connectivity index (χ3n) is 6.05. The number of piperazine rings is 1. The van der Waals surface area contributed by atoms with Crippen molar-refractivity contribution in [2.75, 3.05) is 38.5 Å². The zero-order valence-electron chi connectivity index (χ0n) is 17.2. The molecule has 0 spiro atoms. The summed E-state index contributed by atoms with van der Waals surface area (Å²) in [5.41, 5.74) is 5.98. The minimum Gasteiger partial charge on any atom is -0.361 e. The van der Waals surface area contributed by atoms with E-state index in [1.54, 1.807) is 17.5 Å². The van der Waals surface area contributed by atoms with Crippen molar-refractivity contribution in [3.63, 3.8) is 0 Å². The van der Waals surface area contributed by atoms with Gasteiger partial charge in [-0.15, -0.1) is 11.3 Å². The van der Waals surface area contributed by atoms with Crippen LogP contribution in [0.3, 0.4) is 0 Å². The Morgan fingerprint density at radius 3 is 2.87 bits per heavy atom. The summed E-state index contributed by atoms with van der Waals surface area (Å²) in [7, 11) is 2.17. The highest BCUT2D eigenvalue weighted by molar-refractivity contribution is 7.17. The van der Waals surface area contributed by atoms with Crippen LogP contribution in [0.15, 0.2) is 36.0 Å². The van der Waals surface area contributed by atoms with Crippen molar-refractivity contribution in [3.8, 4) is 6.07 Å². The summed E-state index contributed by atoms with van der Waals surface area (Å²) >= 11 is 1.65. The monoisotopic (exact) mass is 416 g/mol. The molecule has 0 aliphatic carbocycles. The maximum absolute atomic E-state index is 9.80. The Labute approximate surface area is 179 Å². The average molecular weight is 417 g/mol. The molecule has 1 fully saturated rings. The van der Waals surface area contributed by atoms with E-state index in [1.165, 1.54) is 16.5 Å². The molecule has 1 saturated heterocycles. The summed E-state index contributed by atoms with van der Waals surface area (Å²) in [5, 5.41) is 17.8. The molecule has 0 unspecified atom stereocenters. The topological polar surface area (TPSA) is 71.0 Å². The summed E-state index contributed by atoms with van der Waals surface area (Å²) in [4.78, 5) is 13.7. The van der Waals surface area contributed by atoms with Crippen molar-refractivity contribution in [1.29, 1.82) is 5.26 Å². The van der Waals surface area contributed by atoms with Gasteiger partial charge < -0.3 is 15.2 Å². The van der Waals surface area contributed by atoms with Gasteiger partial charge in [-0.2, -0.15) is 5.26 Å². The minimum absolute atomic E-state index is 0.578. The summed E-state index contributed by atoms with van der Waals surface area (Å²) in [6.45, 7) is 7.29. The number of aromatic nitrogens is 2. The Hall–Kier alpha value is -2.92. The molecule has 1 aromatic carbocycles. The average Bonchev–Trinajstić information content (AvgIpc) is 3.39. The zero-order chi connectivity index (χ0) is 20.7. The van der Waals surface area contributed by atoms with Gasteiger partial charge in [-0.25, -0.2) is 4.98 Å². The number of pyridine rings is 1. The lowest BCUT2D eigenvalue weighted by atomic mass is 10.1. The first-order valence-corrected chi connectivity index (χ1v) is 11.1. The lowest BCUT2D eigenvalue weighted by Gasteiger charge is -2.32. The molecule has 0 radical (unpaired) electrons. The molecule has 4 heterocycles. The second-order valence-electron chi connectivity index (χ2n) is 7.98. The van der Waals surface area contributed by atoms with Crippen LogP contribution in [0.25, 0.3) is 21.1 Å². The van der Waals surface area contributed by atoms with Gasteiger partial charge in [0.2, 0.25) is 0 Å². The maximum Gasteiger partial charge on any atom is 0.125 e. The van der Waals surface area contributed by atoms with E-state index in [0.717, 1.165) is 59.8 Å². The van der Waals surface area contributed by atoms with Crippen molar-refractivity contribution >= 4 is 43.8 Å². The van der Waals surface area contributed by atoms with E-state index in [4.69, 9.17) is 0 Å². The van der Waals surface area contributed by atoms with E-state index in [2.05, 4.69) is 68.7 Å². The van der Waals surface area contributed by atoms with E-state index in [0.29, 0.717) is 5.56 Å². The van der Waals surface area contributed by atoms with Crippen LogP contribution in [0, 0.1) is 18.3 Å². The summed E-state index contributed by atoms with van der Waals surface area (Å²) in [5.74, 6) is 0. The number of likely N-dealkylation sites (N-methyl/N-ethyl adjacent to an activating group) is 1. The van der Waals surface area contributed by atoms with Gasteiger partial charge in [0, 0.05) is 67.1 Å². The molecule has 2 N–H and O–H groups in total. The molecule has 3 aromatic heterocycles. The predicted octanol–water partition coefficient (Wildman–Crippen LogP) is 4.45. The first kappa shape index (κ1) is 19.1. The SMILES string of the molecule is Cc1c(Nc2c(C#N)cnc3scc(CN4CCN(C)CC4)c23)ccc2[nH]ccc12. The second kappa shape index (κ2) is 7.73. The number of fused-ring (bicyclic) bond motifs is 2. The van der Waals surface area contributed by atoms with Gasteiger partial charge in [0.25, 0.3) is 0 Å². The highest BCUT2D eigenvalue weighted by Crippen LogP contribution is 2.37. The van der Waals surface area contributed by atoms with Gasteiger partial charge in [-0.1, -0.05) is 0 Å². The van der Waals surface area contributed by atoms with Crippen LogP contribution in [0.1, 0.15) is 16.7 Å². The van der Waals surface area contributed by atoms with E-state index in [-0.39, 0.29) is 0 Å². The molecule has 0 saturated carbocycles. The largest absolute Gasteiger partial charge is 0.361 e. The number of nitrogens with zero attached hydrogens (tertiary/aromatic N) is 4. The molecule has 0 bridgehead atoms. The highest BCUT2D eigenvalue weighted by atomic mass is 32.1. The molecule has 4 aromatic rings. The molecule has 7 heteroatoms.